The van der Waals surface area contributed by atoms with Crippen molar-refractivity contribution in [1.82, 2.24) is 10.6 Å². The van der Waals surface area contributed by atoms with Crippen LogP contribution in [0.25, 0.3) is 5.57 Å². The van der Waals surface area contributed by atoms with Crippen molar-refractivity contribution in [3.8, 4) is 0 Å². The van der Waals surface area contributed by atoms with E-state index >= 15 is 0 Å². The summed E-state index contributed by atoms with van der Waals surface area (Å²) in [5, 5.41) is 6.08. The lowest BCUT2D eigenvalue weighted by molar-refractivity contribution is 0.0977. The summed E-state index contributed by atoms with van der Waals surface area (Å²) in [7, 11) is 0. The highest BCUT2D eigenvalue weighted by molar-refractivity contribution is 7.80. The van der Waals surface area contributed by atoms with E-state index < -0.39 is 0 Å². The molecule has 0 heterocycles. The van der Waals surface area contributed by atoms with Crippen molar-refractivity contribution in [2.75, 3.05) is 6.54 Å². The predicted octanol–water partition coefficient (Wildman–Crippen LogP) is 4.42. The van der Waals surface area contributed by atoms with Gasteiger partial charge in [-0.1, -0.05) is 84.9 Å². The van der Waals surface area contributed by atoms with E-state index in [-0.39, 0.29) is 5.91 Å². The maximum atomic E-state index is 12.1. The molecule has 3 rings (SSSR count). The second-order valence-corrected chi connectivity index (χ2v) is 6.29. The highest BCUT2D eigenvalue weighted by atomic mass is 32.1. The molecule has 0 radical (unpaired) electrons. The molecule has 3 aromatic carbocycles. The molecule has 1 amide bonds. The number of hydrogen-bond acceptors (Lipinski definition) is 2. The summed E-state index contributed by atoms with van der Waals surface area (Å²) in [5.41, 5.74) is 3.95. The van der Waals surface area contributed by atoms with Crippen molar-refractivity contribution in [3.05, 3.63) is 114 Å². The van der Waals surface area contributed by atoms with Crippen molar-refractivity contribution in [1.29, 1.82) is 0 Å². The fraction of sp³-hybridized carbons (Fsp3) is 0.0435. The number of hydrogen-bond donors (Lipinski definition) is 2. The summed E-state index contributed by atoms with van der Waals surface area (Å²) in [5.74, 6) is -0.219. The number of amides is 1. The Hall–Kier alpha value is -3.24. The van der Waals surface area contributed by atoms with E-state index in [2.05, 4.69) is 41.0 Å². The summed E-state index contributed by atoms with van der Waals surface area (Å²) >= 11 is 5.24. The Morgan fingerprint density at radius 2 is 1.19 bits per heavy atom. The van der Waals surface area contributed by atoms with Gasteiger partial charge >= 0.3 is 0 Å². The van der Waals surface area contributed by atoms with Gasteiger partial charge in [0.2, 0.25) is 0 Å². The molecule has 134 valence electrons. The molecule has 27 heavy (non-hydrogen) atoms. The van der Waals surface area contributed by atoms with E-state index in [1.165, 1.54) is 0 Å². The van der Waals surface area contributed by atoms with Crippen LogP contribution >= 0.6 is 12.2 Å². The maximum absolute atomic E-state index is 12.1. The zero-order valence-electron chi connectivity index (χ0n) is 14.8. The molecule has 0 aromatic heterocycles. The average molecular weight is 372 g/mol. The first kappa shape index (κ1) is 18.5. The zero-order chi connectivity index (χ0) is 18.9. The average Bonchev–Trinajstić information content (AvgIpc) is 2.73. The van der Waals surface area contributed by atoms with Crippen LogP contribution in [-0.2, 0) is 0 Å². The third-order valence-corrected chi connectivity index (χ3v) is 4.25. The van der Waals surface area contributed by atoms with Crippen LogP contribution in [0.15, 0.2) is 97.1 Å². The van der Waals surface area contributed by atoms with Crippen molar-refractivity contribution in [2.45, 2.75) is 0 Å². The van der Waals surface area contributed by atoms with Gasteiger partial charge in [-0.25, -0.2) is 0 Å². The topological polar surface area (TPSA) is 41.1 Å². The first-order valence-electron chi connectivity index (χ1n) is 8.69. The molecule has 0 aliphatic heterocycles. The lowest BCUT2D eigenvalue weighted by atomic mass is 9.98. The summed E-state index contributed by atoms with van der Waals surface area (Å²) in [6.45, 7) is 0.507. The predicted molar refractivity (Wildman–Crippen MR) is 114 cm³/mol. The van der Waals surface area contributed by atoms with Crippen LogP contribution in [0.4, 0.5) is 0 Å². The Morgan fingerprint density at radius 1 is 0.741 bits per heavy atom. The van der Waals surface area contributed by atoms with Gasteiger partial charge in [-0.3, -0.25) is 10.1 Å². The standard InChI is InChI=1S/C23H20N2OS/c26-22(20-14-8-3-9-15-20)25-23(27)24-17-16-21(18-10-4-1-5-11-18)19-12-6-2-7-13-19/h1-16H,17H2,(H2,24,25,26,27). The maximum Gasteiger partial charge on any atom is 0.257 e. The highest BCUT2D eigenvalue weighted by Gasteiger charge is 2.07. The van der Waals surface area contributed by atoms with Crippen molar-refractivity contribution in [3.63, 3.8) is 0 Å². The van der Waals surface area contributed by atoms with Gasteiger partial charge in [0, 0.05) is 12.1 Å². The van der Waals surface area contributed by atoms with Gasteiger partial charge in [-0.05, 0) is 41.1 Å². The van der Waals surface area contributed by atoms with Gasteiger partial charge in [0.15, 0.2) is 5.11 Å². The van der Waals surface area contributed by atoms with Crippen LogP contribution < -0.4 is 10.6 Å². The third kappa shape index (κ3) is 5.36. The zero-order valence-corrected chi connectivity index (χ0v) is 15.6. The molecule has 0 bridgehead atoms. The molecule has 3 aromatic rings. The lowest BCUT2D eigenvalue weighted by Gasteiger charge is -2.11. The van der Waals surface area contributed by atoms with E-state index in [0.717, 1.165) is 16.7 Å². The smallest absolute Gasteiger partial charge is 0.257 e. The second kappa shape index (κ2) is 9.46. The molecule has 0 aliphatic rings. The normalized spacial score (nSPS) is 9.93. The molecule has 0 saturated heterocycles. The summed E-state index contributed by atoms with van der Waals surface area (Å²) < 4.78 is 0. The summed E-state index contributed by atoms with van der Waals surface area (Å²) in [4.78, 5) is 12.1. The SMILES string of the molecule is O=C(NC(=S)NCC=C(c1ccccc1)c1ccccc1)c1ccccc1. The minimum absolute atomic E-state index is 0.219. The first-order valence-corrected chi connectivity index (χ1v) is 9.10. The van der Waals surface area contributed by atoms with E-state index in [9.17, 15) is 4.79 Å². The van der Waals surface area contributed by atoms with Gasteiger partial charge in [0.25, 0.3) is 5.91 Å². The summed E-state index contributed by atoms with van der Waals surface area (Å²) in [6, 6.07) is 29.4. The Morgan fingerprint density at radius 3 is 1.67 bits per heavy atom. The Labute approximate surface area is 164 Å². The Bertz CT molecular complexity index is 881. The second-order valence-electron chi connectivity index (χ2n) is 5.88. The van der Waals surface area contributed by atoms with E-state index in [4.69, 9.17) is 12.2 Å². The Balaban J connectivity index is 1.66. The van der Waals surface area contributed by atoms with Crippen LogP contribution in [-0.4, -0.2) is 17.6 Å². The van der Waals surface area contributed by atoms with Gasteiger partial charge in [-0.2, -0.15) is 0 Å². The number of thiocarbonyl (C=S) groups is 1. The first-order chi connectivity index (χ1) is 13.2. The molecule has 4 heteroatoms. The highest BCUT2D eigenvalue weighted by Crippen LogP contribution is 2.22. The number of rotatable bonds is 5. The van der Waals surface area contributed by atoms with Crippen LogP contribution in [0.2, 0.25) is 0 Å². The van der Waals surface area contributed by atoms with Gasteiger partial charge < -0.3 is 5.32 Å². The molecule has 3 nitrogen and oxygen atoms in total. The molecule has 0 fully saturated rings. The Kier molecular flexibility index (Phi) is 6.50. The van der Waals surface area contributed by atoms with Gasteiger partial charge in [-0.15, -0.1) is 0 Å². The number of benzene rings is 3. The largest absolute Gasteiger partial charge is 0.359 e. The van der Waals surface area contributed by atoms with Crippen molar-refractivity contribution < 1.29 is 4.79 Å². The van der Waals surface area contributed by atoms with Gasteiger partial charge in [0.05, 0.1) is 0 Å². The van der Waals surface area contributed by atoms with E-state index in [0.29, 0.717) is 17.2 Å². The molecular weight excluding hydrogens is 352 g/mol. The molecule has 0 spiro atoms. The van der Waals surface area contributed by atoms with Crippen molar-refractivity contribution in [2.24, 2.45) is 0 Å². The molecule has 2 N–H and O–H groups in total. The monoisotopic (exact) mass is 372 g/mol. The molecule has 0 saturated carbocycles. The minimum Gasteiger partial charge on any atom is -0.359 e. The number of carbonyl (C=O) groups excluding carboxylic acids is 1. The number of carbonyl (C=O) groups is 1. The third-order valence-electron chi connectivity index (χ3n) is 4.00. The van der Waals surface area contributed by atoms with Crippen LogP contribution in [0.3, 0.4) is 0 Å². The van der Waals surface area contributed by atoms with Gasteiger partial charge in [0.1, 0.15) is 0 Å². The van der Waals surface area contributed by atoms with Crippen LogP contribution in [0.1, 0.15) is 21.5 Å². The van der Waals surface area contributed by atoms with Crippen molar-refractivity contribution >= 4 is 28.8 Å². The number of nitrogens with one attached hydrogen (secondary N) is 2. The fourth-order valence-corrected chi connectivity index (χ4v) is 2.87. The minimum atomic E-state index is -0.219. The van der Waals surface area contributed by atoms with E-state index in [1.807, 2.05) is 54.6 Å². The van der Waals surface area contributed by atoms with Crippen LogP contribution in [0.5, 0.6) is 0 Å². The molecular formula is C23H20N2OS. The van der Waals surface area contributed by atoms with Crippen LogP contribution in [0, 0.1) is 0 Å². The van der Waals surface area contributed by atoms with E-state index in [1.54, 1.807) is 12.1 Å². The molecule has 0 atom stereocenters. The molecule has 0 aliphatic carbocycles. The molecule has 0 unspecified atom stereocenters. The quantitative estimate of drug-likeness (QED) is 0.651. The summed E-state index contributed by atoms with van der Waals surface area (Å²) in [6.07, 6.45) is 2.08. The fourth-order valence-electron chi connectivity index (χ4n) is 2.69. The lowest BCUT2D eigenvalue weighted by Crippen LogP contribution is -2.39.